The highest BCUT2D eigenvalue weighted by molar-refractivity contribution is 6.02. The number of para-hydroxylation sites is 1. The molecule has 1 heterocycles. The number of halogens is 1. The predicted molar refractivity (Wildman–Crippen MR) is 103 cm³/mol. The number of nitrogens with one attached hydrogen (secondary N) is 2. The number of nitrogens with zero attached hydrogens (tertiary/aromatic N) is 2. The lowest BCUT2D eigenvalue weighted by atomic mass is 10.3. The molecule has 0 unspecified atom stereocenters. The molecule has 1 aromatic heterocycles. The maximum atomic E-state index is 13.2. The van der Waals surface area contributed by atoms with Gasteiger partial charge in [-0.15, -0.1) is 0 Å². The van der Waals surface area contributed by atoms with E-state index in [1.54, 1.807) is 30.3 Å². The van der Waals surface area contributed by atoms with Crippen LogP contribution in [0.4, 0.5) is 15.8 Å². The zero-order chi connectivity index (χ0) is 19.9. The molecule has 3 aromatic rings. The summed E-state index contributed by atoms with van der Waals surface area (Å²) in [7, 11) is 0. The summed E-state index contributed by atoms with van der Waals surface area (Å²) in [5.74, 6) is -1.34. The number of hydrogen-bond donors (Lipinski definition) is 2. The molecule has 0 radical (unpaired) electrons. The van der Waals surface area contributed by atoms with E-state index in [2.05, 4.69) is 15.7 Å². The largest absolute Gasteiger partial charge is 0.326 e. The molecule has 0 aliphatic heterocycles. The maximum absolute atomic E-state index is 13.2. The van der Waals surface area contributed by atoms with Crippen molar-refractivity contribution in [3.8, 4) is 0 Å². The van der Waals surface area contributed by atoms with Crippen LogP contribution in [-0.4, -0.2) is 21.6 Å². The summed E-state index contributed by atoms with van der Waals surface area (Å²) in [4.78, 5) is 36.3. The minimum absolute atomic E-state index is 0.0214. The SMILES string of the molecule is O=C(CCn1nc(C(=O)Nc2ccccc2)ccc1=O)Nc1cccc(F)c1. The van der Waals surface area contributed by atoms with Crippen LogP contribution in [0.1, 0.15) is 16.9 Å². The van der Waals surface area contributed by atoms with E-state index in [0.29, 0.717) is 11.4 Å². The van der Waals surface area contributed by atoms with Gasteiger partial charge < -0.3 is 10.6 Å². The summed E-state index contributed by atoms with van der Waals surface area (Å²) in [6.45, 7) is -0.0214. The summed E-state index contributed by atoms with van der Waals surface area (Å²) in [5, 5.41) is 9.23. The number of aryl methyl sites for hydroxylation is 1. The Balaban J connectivity index is 1.64. The number of amides is 2. The van der Waals surface area contributed by atoms with Crippen molar-refractivity contribution >= 4 is 23.2 Å². The van der Waals surface area contributed by atoms with Gasteiger partial charge in [0.2, 0.25) is 5.91 Å². The van der Waals surface area contributed by atoms with Crippen LogP contribution in [0, 0.1) is 5.82 Å². The highest BCUT2D eigenvalue weighted by atomic mass is 19.1. The Bertz CT molecular complexity index is 1050. The van der Waals surface area contributed by atoms with Gasteiger partial charge in [0.25, 0.3) is 11.5 Å². The zero-order valence-electron chi connectivity index (χ0n) is 14.8. The van der Waals surface area contributed by atoms with E-state index in [4.69, 9.17) is 0 Å². The zero-order valence-corrected chi connectivity index (χ0v) is 14.8. The van der Waals surface area contributed by atoms with Crippen molar-refractivity contribution in [2.75, 3.05) is 10.6 Å². The number of anilines is 2. The van der Waals surface area contributed by atoms with Gasteiger partial charge in [-0.05, 0) is 36.4 Å². The first-order valence-electron chi connectivity index (χ1n) is 8.51. The van der Waals surface area contributed by atoms with Crippen LogP contribution in [-0.2, 0) is 11.3 Å². The summed E-state index contributed by atoms with van der Waals surface area (Å²) in [6.07, 6.45) is -0.0623. The van der Waals surface area contributed by atoms with Crippen molar-refractivity contribution in [1.82, 2.24) is 9.78 Å². The Hall–Kier alpha value is -3.81. The molecular formula is C20H17FN4O3. The van der Waals surface area contributed by atoms with Gasteiger partial charge in [0.15, 0.2) is 0 Å². The average Bonchev–Trinajstić information content (AvgIpc) is 2.68. The third kappa shape index (κ3) is 5.10. The fourth-order valence-electron chi connectivity index (χ4n) is 2.44. The summed E-state index contributed by atoms with van der Waals surface area (Å²) >= 11 is 0. The highest BCUT2D eigenvalue weighted by Crippen LogP contribution is 2.10. The molecule has 7 nitrogen and oxygen atoms in total. The van der Waals surface area contributed by atoms with E-state index in [9.17, 15) is 18.8 Å². The van der Waals surface area contributed by atoms with E-state index in [1.807, 2.05) is 6.07 Å². The number of aromatic nitrogens is 2. The Morgan fingerprint density at radius 1 is 0.929 bits per heavy atom. The fourth-order valence-corrected chi connectivity index (χ4v) is 2.44. The second kappa shape index (κ2) is 8.72. The van der Waals surface area contributed by atoms with Gasteiger partial charge in [-0.25, -0.2) is 9.07 Å². The molecular weight excluding hydrogens is 363 g/mol. The standard InChI is InChI=1S/C20H17FN4O3/c21-14-5-4-8-16(13-14)22-18(26)11-12-25-19(27)10-9-17(24-25)20(28)23-15-6-2-1-3-7-15/h1-10,13H,11-12H2,(H,22,26)(H,23,28). The van der Waals surface area contributed by atoms with Crippen LogP contribution < -0.4 is 16.2 Å². The first kappa shape index (κ1) is 19.0. The van der Waals surface area contributed by atoms with Crippen LogP contribution in [0.25, 0.3) is 0 Å². The Labute approximate surface area is 159 Å². The lowest BCUT2D eigenvalue weighted by Crippen LogP contribution is -2.28. The van der Waals surface area contributed by atoms with Crippen LogP contribution in [0.5, 0.6) is 0 Å². The molecule has 2 amide bonds. The van der Waals surface area contributed by atoms with Crippen molar-refractivity contribution in [1.29, 1.82) is 0 Å². The van der Waals surface area contributed by atoms with Crippen LogP contribution in [0.3, 0.4) is 0 Å². The minimum Gasteiger partial charge on any atom is -0.326 e. The van der Waals surface area contributed by atoms with E-state index < -0.39 is 23.2 Å². The summed E-state index contributed by atoms with van der Waals surface area (Å²) in [6, 6.07) is 16.9. The second-order valence-corrected chi connectivity index (χ2v) is 5.91. The number of rotatable bonds is 6. The minimum atomic E-state index is -0.468. The summed E-state index contributed by atoms with van der Waals surface area (Å²) in [5.41, 5.74) is 0.534. The molecule has 0 spiro atoms. The second-order valence-electron chi connectivity index (χ2n) is 5.91. The van der Waals surface area contributed by atoms with Gasteiger partial charge in [0, 0.05) is 23.9 Å². The van der Waals surface area contributed by atoms with Gasteiger partial charge in [0.05, 0.1) is 6.54 Å². The number of hydrogen-bond acceptors (Lipinski definition) is 4. The lowest BCUT2D eigenvalue weighted by Gasteiger charge is -2.08. The van der Waals surface area contributed by atoms with E-state index in [-0.39, 0.29) is 18.7 Å². The van der Waals surface area contributed by atoms with E-state index >= 15 is 0 Å². The molecule has 0 saturated heterocycles. The number of benzene rings is 2. The normalized spacial score (nSPS) is 10.3. The van der Waals surface area contributed by atoms with Gasteiger partial charge in [-0.2, -0.15) is 5.10 Å². The van der Waals surface area contributed by atoms with Gasteiger partial charge in [-0.1, -0.05) is 24.3 Å². The molecule has 0 saturated carbocycles. The molecule has 0 fully saturated rings. The van der Waals surface area contributed by atoms with E-state index in [1.165, 1.54) is 30.3 Å². The maximum Gasteiger partial charge on any atom is 0.276 e. The molecule has 0 bridgehead atoms. The van der Waals surface area contributed by atoms with Gasteiger partial charge in [-0.3, -0.25) is 14.4 Å². The van der Waals surface area contributed by atoms with Crippen LogP contribution in [0.2, 0.25) is 0 Å². The molecule has 2 aromatic carbocycles. The molecule has 2 N–H and O–H groups in total. The third-order valence-electron chi connectivity index (χ3n) is 3.79. The Morgan fingerprint density at radius 3 is 2.43 bits per heavy atom. The van der Waals surface area contributed by atoms with Crippen molar-refractivity contribution in [2.45, 2.75) is 13.0 Å². The van der Waals surface area contributed by atoms with E-state index in [0.717, 1.165) is 4.68 Å². The fraction of sp³-hybridized carbons (Fsp3) is 0.100. The monoisotopic (exact) mass is 380 g/mol. The number of carbonyl (C=O) groups is 2. The first-order valence-corrected chi connectivity index (χ1v) is 8.51. The molecule has 8 heteroatoms. The van der Waals surface area contributed by atoms with Crippen molar-refractivity contribution in [2.24, 2.45) is 0 Å². The smallest absolute Gasteiger partial charge is 0.276 e. The highest BCUT2D eigenvalue weighted by Gasteiger charge is 2.11. The van der Waals surface area contributed by atoms with Crippen LogP contribution in [0.15, 0.2) is 71.5 Å². The molecule has 28 heavy (non-hydrogen) atoms. The molecule has 0 atom stereocenters. The molecule has 142 valence electrons. The van der Waals surface area contributed by atoms with Crippen molar-refractivity contribution in [3.05, 3.63) is 88.6 Å². The average molecular weight is 380 g/mol. The van der Waals surface area contributed by atoms with Crippen molar-refractivity contribution in [3.63, 3.8) is 0 Å². The third-order valence-corrected chi connectivity index (χ3v) is 3.79. The number of carbonyl (C=O) groups excluding carboxylic acids is 2. The predicted octanol–water partition coefficient (Wildman–Crippen LogP) is 2.66. The summed E-state index contributed by atoms with van der Waals surface area (Å²) < 4.78 is 14.2. The van der Waals surface area contributed by atoms with Crippen molar-refractivity contribution < 1.29 is 14.0 Å². The molecule has 0 aliphatic rings. The molecule has 3 rings (SSSR count). The molecule has 0 aliphatic carbocycles. The first-order chi connectivity index (χ1) is 13.5. The quantitative estimate of drug-likeness (QED) is 0.688. The lowest BCUT2D eigenvalue weighted by molar-refractivity contribution is -0.116. The van der Waals surface area contributed by atoms with Gasteiger partial charge in [0.1, 0.15) is 11.5 Å². The van der Waals surface area contributed by atoms with Crippen LogP contribution >= 0.6 is 0 Å². The Kier molecular flexibility index (Phi) is 5.91. The topological polar surface area (TPSA) is 93.1 Å². The Morgan fingerprint density at radius 2 is 1.68 bits per heavy atom. The van der Waals surface area contributed by atoms with Gasteiger partial charge >= 0.3 is 0 Å².